The number of benzene rings is 1. The summed E-state index contributed by atoms with van der Waals surface area (Å²) in [7, 11) is 2.15. The molecule has 2 aliphatic rings. The van der Waals surface area contributed by atoms with E-state index in [2.05, 4.69) is 52.2 Å². The maximum atomic E-state index is 9.77. The first-order chi connectivity index (χ1) is 14.2. The normalized spacial score (nSPS) is 19.7. The van der Waals surface area contributed by atoms with Crippen LogP contribution in [0.2, 0.25) is 0 Å². The lowest BCUT2D eigenvalue weighted by Gasteiger charge is -2.34. The molecule has 0 bridgehead atoms. The number of hydrogen-bond donors (Lipinski definition) is 1. The smallest absolute Gasteiger partial charge is 0.205 e. The van der Waals surface area contributed by atoms with E-state index in [0.29, 0.717) is 17.0 Å². The average Bonchev–Trinajstić information content (AvgIpc) is 3.23. The van der Waals surface area contributed by atoms with E-state index >= 15 is 0 Å². The monoisotopic (exact) mass is 386 g/mol. The van der Waals surface area contributed by atoms with Crippen LogP contribution in [-0.4, -0.2) is 47.5 Å². The zero-order valence-corrected chi connectivity index (χ0v) is 16.2. The second-order valence-corrected chi connectivity index (χ2v) is 7.56. The number of rotatable bonds is 2. The van der Waals surface area contributed by atoms with Gasteiger partial charge in [-0.05, 0) is 30.8 Å². The minimum atomic E-state index is -0.271. The molecule has 1 atom stereocenters. The summed E-state index contributed by atoms with van der Waals surface area (Å²) in [5.41, 5.74) is 10.4. The molecule has 4 heterocycles. The Bertz CT molecular complexity index is 1130. The van der Waals surface area contributed by atoms with Crippen molar-refractivity contribution in [3.8, 4) is 11.8 Å². The second-order valence-electron chi connectivity index (χ2n) is 7.56. The fraction of sp³-hybridized carbons (Fsp3) is 0.273. The Hall–Kier alpha value is -3.50. The molecule has 2 aromatic heterocycles. The first kappa shape index (κ1) is 17.6. The fourth-order valence-corrected chi connectivity index (χ4v) is 4.18. The topological polar surface area (TPSA) is 82.8 Å². The van der Waals surface area contributed by atoms with Crippen LogP contribution in [0.4, 0.5) is 5.69 Å². The molecule has 1 fully saturated rings. The Labute approximate surface area is 169 Å². The van der Waals surface area contributed by atoms with E-state index < -0.39 is 0 Å². The van der Waals surface area contributed by atoms with Crippen molar-refractivity contribution in [3.63, 3.8) is 0 Å². The number of likely N-dealkylation sites (N-methyl/N-ethyl adjacent to an activating group) is 1. The molecule has 7 nitrogen and oxygen atoms in total. The lowest BCUT2D eigenvalue weighted by Crippen LogP contribution is -2.44. The molecule has 1 saturated heterocycles. The van der Waals surface area contributed by atoms with E-state index in [0.717, 1.165) is 37.3 Å². The van der Waals surface area contributed by atoms with Crippen molar-refractivity contribution in [2.24, 2.45) is 5.73 Å². The summed E-state index contributed by atoms with van der Waals surface area (Å²) >= 11 is 0. The summed E-state index contributed by atoms with van der Waals surface area (Å²) < 4.78 is 7.71. The number of anilines is 1. The molecule has 1 aromatic carbocycles. The Morgan fingerprint density at radius 2 is 1.86 bits per heavy atom. The van der Waals surface area contributed by atoms with E-state index in [-0.39, 0.29) is 11.8 Å². The fourth-order valence-electron chi connectivity index (χ4n) is 4.18. The first-order valence-corrected chi connectivity index (χ1v) is 9.72. The zero-order valence-electron chi connectivity index (χ0n) is 16.2. The Morgan fingerprint density at radius 1 is 1.10 bits per heavy atom. The predicted octanol–water partition coefficient (Wildman–Crippen LogP) is 2.30. The van der Waals surface area contributed by atoms with Gasteiger partial charge in [-0.25, -0.2) is 4.98 Å². The molecule has 1 unspecified atom stereocenters. The summed E-state index contributed by atoms with van der Waals surface area (Å²) in [5, 5.41) is 9.77. The van der Waals surface area contributed by atoms with Gasteiger partial charge in [0.15, 0.2) is 11.4 Å². The molecule has 0 radical (unpaired) electrons. The lowest BCUT2D eigenvalue weighted by atomic mass is 9.84. The molecule has 146 valence electrons. The summed E-state index contributed by atoms with van der Waals surface area (Å²) in [6.07, 6.45) is 5.52. The van der Waals surface area contributed by atoms with Crippen LogP contribution >= 0.6 is 0 Å². The van der Waals surface area contributed by atoms with Gasteiger partial charge in [0, 0.05) is 56.0 Å². The summed E-state index contributed by atoms with van der Waals surface area (Å²) in [4.78, 5) is 9.13. The van der Waals surface area contributed by atoms with Gasteiger partial charge in [-0.2, -0.15) is 5.26 Å². The number of fused-ring (bicyclic) bond motifs is 3. The summed E-state index contributed by atoms with van der Waals surface area (Å²) in [6.45, 7) is 4.16. The van der Waals surface area contributed by atoms with Crippen molar-refractivity contribution >= 4 is 11.3 Å². The molecular formula is C22H22N6O. The minimum Gasteiger partial charge on any atom is -0.436 e. The van der Waals surface area contributed by atoms with Gasteiger partial charge in [0.2, 0.25) is 5.88 Å². The van der Waals surface area contributed by atoms with E-state index in [1.165, 1.54) is 5.69 Å². The van der Waals surface area contributed by atoms with Crippen LogP contribution < -0.4 is 15.4 Å². The number of imidazole rings is 1. The Balaban J connectivity index is 1.55. The van der Waals surface area contributed by atoms with E-state index in [1.54, 1.807) is 6.20 Å². The van der Waals surface area contributed by atoms with Gasteiger partial charge in [0.05, 0.1) is 5.92 Å². The van der Waals surface area contributed by atoms with Crippen molar-refractivity contribution in [1.29, 1.82) is 5.26 Å². The number of piperazine rings is 1. The Morgan fingerprint density at radius 3 is 2.59 bits per heavy atom. The van der Waals surface area contributed by atoms with Crippen LogP contribution in [0.15, 0.2) is 60.4 Å². The van der Waals surface area contributed by atoms with Gasteiger partial charge in [-0.15, -0.1) is 0 Å². The van der Waals surface area contributed by atoms with Gasteiger partial charge in [-0.1, -0.05) is 12.1 Å². The highest BCUT2D eigenvalue weighted by Gasteiger charge is 2.32. The molecule has 0 spiro atoms. The minimum absolute atomic E-state index is 0.143. The summed E-state index contributed by atoms with van der Waals surface area (Å²) in [5.74, 6) is 0.485. The van der Waals surface area contributed by atoms with Crippen LogP contribution in [-0.2, 0) is 0 Å². The number of aromatic nitrogens is 2. The van der Waals surface area contributed by atoms with Crippen LogP contribution in [0.3, 0.4) is 0 Å². The molecule has 0 amide bonds. The van der Waals surface area contributed by atoms with Gasteiger partial charge >= 0.3 is 0 Å². The van der Waals surface area contributed by atoms with Gasteiger partial charge in [0.1, 0.15) is 11.6 Å². The van der Waals surface area contributed by atoms with E-state index in [9.17, 15) is 5.26 Å². The van der Waals surface area contributed by atoms with Crippen molar-refractivity contribution < 1.29 is 4.74 Å². The molecular weight excluding hydrogens is 364 g/mol. The van der Waals surface area contributed by atoms with Crippen LogP contribution in [0, 0.1) is 11.3 Å². The third kappa shape index (κ3) is 2.89. The first-order valence-electron chi connectivity index (χ1n) is 9.72. The Kier molecular flexibility index (Phi) is 4.14. The second kappa shape index (κ2) is 6.83. The molecule has 3 aromatic rings. The van der Waals surface area contributed by atoms with Crippen molar-refractivity contribution in [1.82, 2.24) is 14.3 Å². The standard InChI is InChI=1S/C22H22N6O/c1-26-10-12-27(13-11-26)16-4-2-15(3-5-16)19-17-6-8-28-9-7-25-22(28)20(17)29-21(24)18(19)14-23/h2-9,19H,10-13,24H2,1H3. The number of nitriles is 1. The number of nitrogens with zero attached hydrogens (tertiary/aromatic N) is 5. The van der Waals surface area contributed by atoms with Crippen LogP contribution in [0.1, 0.15) is 17.0 Å². The van der Waals surface area contributed by atoms with Crippen molar-refractivity contribution in [2.75, 3.05) is 38.1 Å². The van der Waals surface area contributed by atoms with Crippen LogP contribution in [0.25, 0.3) is 5.65 Å². The lowest BCUT2D eigenvalue weighted by molar-refractivity contribution is 0.313. The highest BCUT2D eigenvalue weighted by molar-refractivity contribution is 5.66. The number of nitrogens with two attached hydrogens (primary N) is 1. The molecule has 29 heavy (non-hydrogen) atoms. The van der Waals surface area contributed by atoms with Gasteiger partial charge < -0.3 is 24.7 Å². The highest BCUT2D eigenvalue weighted by Crippen LogP contribution is 2.43. The third-order valence-corrected chi connectivity index (χ3v) is 5.84. The summed E-state index contributed by atoms with van der Waals surface area (Å²) in [6, 6.07) is 12.7. The number of pyridine rings is 1. The SMILES string of the molecule is CN1CCN(c2ccc(C3C(C#N)=C(N)Oc4c3ccn3ccnc43)cc2)CC1. The maximum Gasteiger partial charge on any atom is 0.205 e. The van der Waals surface area contributed by atoms with E-state index in [4.69, 9.17) is 10.5 Å². The van der Waals surface area contributed by atoms with Crippen molar-refractivity contribution in [3.05, 3.63) is 71.5 Å². The largest absolute Gasteiger partial charge is 0.436 e. The number of allylic oxidation sites excluding steroid dienone is 1. The quantitative estimate of drug-likeness (QED) is 0.728. The average molecular weight is 386 g/mol. The third-order valence-electron chi connectivity index (χ3n) is 5.84. The molecule has 7 heteroatoms. The predicted molar refractivity (Wildman–Crippen MR) is 111 cm³/mol. The molecule has 0 aliphatic carbocycles. The molecule has 2 aliphatic heterocycles. The molecule has 2 N–H and O–H groups in total. The van der Waals surface area contributed by atoms with Crippen molar-refractivity contribution in [2.45, 2.75) is 5.92 Å². The maximum absolute atomic E-state index is 9.77. The number of hydrogen-bond acceptors (Lipinski definition) is 6. The van der Waals surface area contributed by atoms with Gasteiger partial charge in [-0.3, -0.25) is 0 Å². The van der Waals surface area contributed by atoms with Crippen LogP contribution in [0.5, 0.6) is 5.75 Å². The zero-order chi connectivity index (χ0) is 20.0. The highest BCUT2D eigenvalue weighted by atomic mass is 16.5. The molecule has 5 rings (SSSR count). The molecule has 0 saturated carbocycles. The number of ether oxygens (including phenoxy) is 1. The van der Waals surface area contributed by atoms with E-state index in [1.807, 2.05) is 22.9 Å². The van der Waals surface area contributed by atoms with Gasteiger partial charge in [0.25, 0.3) is 0 Å².